The lowest BCUT2D eigenvalue weighted by Gasteiger charge is -2.28. The number of ether oxygens (including phenoxy) is 1. The van der Waals surface area contributed by atoms with Crippen LogP contribution in [0.25, 0.3) is 33.4 Å². The summed E-state index contributed by atoms with van der Waals surface area (Å²) in [5.74, 6) is 1.60. The quantitative estimate of drug-likeness (QED) is 0.470. The van der Waals surface area contributed by atoms with Gasteiger partial charge in [0, 0.05) is 36.3 Å². The Morgan fingerprint density at radius 2 is 1.91 bits per heavy atom. The molecule has 0 N–H and O–H groups in total. The first-order valence-corrected chi connectivity index (χ1v) is 10.4. The molecule has 0 amide bonds. The minimum atomic E-state index is -0.313. The smallest absolute Gasteiger partial charge is 0.163 e. The Hall–Kier alpha value is -3.87. The van der Waals surface area contributed by atoms with E-state index in [0.717, 1.165) is 35.0 Å². The van der Waals surface area contributed by atoms with Gasteiger partial charge in [0.2, 0.25) is 0 Å². The summed E-state index contributed by atoms with van der Waals surface area (Å²) in [5, 5.41) is 0.756. The topological polar surface area (TPSA) is 68.2 Å². The lowest BCUT2D eigenvalue weighted by Crippen LogP contribution is -2.36. The van der Waals surface area contributed by atoms with Gasteiger partial charge in [-0.15, -0.1) is 0 Å². The van der Waals surface area contributed by atoms with Crippen molar-refractivity contribution >= 4 is 22.5 Å². The van der Waals surface area contributed by atoms with Gasteiger partial charge in [0.15, 0.2) is 11.6 Å². The van der Waals surface area contributed by atoms with E-state index in [9.17, 15) is 9.18 Å². The molecular formula is C25H21FN4O2. The molecule has 2 aromatic carbocycles. The number of carbonyl (C=O) groups excluding carboxylic acids is 1. The van der Waals surface area contributed by atoms with Gasteiger partial charge in [-0.05, 0) is 53.9 Å². The van der Waals surface area contributed by atoms with Gasteiger partial charge in [-0.1, -0.05) is 12.1 Å². The van der Waals surface area contributed by atoms with Gasteiger partial charge < -0.3 is 9.64 Å². The number of hydrogen-bond donors (Lipinski definition) is 0. The molecule has 0 atom stereocenters. The molecule has 0 aliphatic carbocycles. The van der Waals surface area contributed by atoms with E-state index in [-0.39, 0.29) is 11.6 Å². The van der Waals surface area contributed by atoms with Crippen LogP contribution in [0.2, 0.25) is 0 Å². The average molecular weight is 428 g/mol. The maximum atomic E-state index is 13.9. The van der Waals surface area contributed by atoms with Crippen LogP contribution in [0.1, 0.15) is 12.8 Å². The second kappa shape index (κ2) is 8.34. The summed E-state index contributed by atoms with van der Waals surface area (Å²) >= 11 is 0. The van der Waals surface area contributed by atoms with Gasteiger partial charge in [-0.25, -0.2) is 14.4 Å². The number of carbonyl (C=O) groups is 1. The summed E-state index contributed by atoms with van der Waals surface area (Å²) in [6.07, 6.45) is 4.75. The summed E-state index contributed by atoms with van der Waals surface area (Å²) < 4.78 is 19.6. The molecule has 0 unspecified atom stereocenters. The van der Waals surface area contributed by atoms with Gasteiger partial charge in [0.05, 0.1) is 13.7 Å². The lowest BCUT2D eigenvalue weighted by molar-refractivity contribution is -0.118. The van der Waals surface area contributed by atoms with E-state index in [4.69, 9.17) is 14.7 Å². The normalized spacial score (nSPS) is 14.1. The molecule has 1 aliphatic heterocycles. The third kappa shape index (κ3) is 3.77. The zero-order valence-electron chi connectivity index (χ0n) is 17.6. The highest BCUT2D eigenvalue weighted by molar-refractivity contribution is 5.99. The first kappa shape index (κ1) is 20.1. The van der Waals surface area contributed by atoms with E-state index in [1.165, 1.54) is 12.1 Å². The van der Waals surface area contributed by atoms with Crippen molar-refractivity contribution in [3.8, 4) is 28.3 Å². The number of anilines is 1. The molecule has 32 heavy (non-hydrogen) atoms. The number of methoxy groups -OCH3 is 1. The predicted octanol–water partition coefficient (Wildman–Crippen LogP) is 4.68. The Morgan fingerprint density at radius 3 is 2.66 bits per heavy atom. The molecule has 160 valence electrons. The van der Waals surface area contributed by atoms with Crippen LogP contribution in [0.15, 0.2) is 60.9 Å². The molecule has 5 rings (SSSR count). The molecule has 2 aromatic heterocycles. The summed E-state index contributed by atoms with van der Waals surface area (Å²) in [4.78, 5) is 28.0. The van der Waals surface area contributed by atoms with Crippen LogP contribution in [0.4, 0.5) is 10.2 Å². The minimum absolute atomic E-state index is 0.180. The number of ketones is 1. The number of fused-ring (bicyclic) bond motifs is 1. The minimum Gasteiger partial charge on any atom is -0.494 e. The highest BCUT2D eigenvalue weighted by atomic mass is 19.1. The molecular weight excluding hydrogens is 407 g/mol. The number of piperidine rings is 1. The highest BCUT2D eigenvalue weighted by Gasteiger charge is 2.23. The average Bonchev–Trinajstić information content (AvgIpc) is 2.83. The van der Waals surface area contributed by atoms with Crippen molar-refractivity contribution in [2.75, 3.05) is 25.1 Å². The van der Waals surface area contributed by atoms with Crippen molar-refractivity contribution in [3.63, 3.8) is 0 Å². The van der Waals surface area contributed by atoms with Gasteiger partial charge in [0.1, 0.15) is 22.9 Å². The van der Waals surface area contributed by atoms with E-state index in [1.807, 2.05) is 35.2 Å². The number of Topliss-reactive ketones (excluding diaryl/α,β-unsaturated/α-hetero) is 1. The molecule has 1 aliphatic rings. The molecule has 1 fully saturated rings. The van der Waals surface area contributed by atoms with E-state index < -0.39 is 0 Å². The fourth-order valence-corrected chi connectivity index (χ4v) is 4.06. The fraction of sp³-hybridized carbons (Fsp3) is 0.200. The van der Waals surface area contributed by atoms with Gasteiger partial charge in [-0.3, -0.25) is 9.78 Å². The Kier molecular flexibility index (Phi) is 5.23. The fourth-order valence-electron chi connectivity index (χ4n) is 4.06. The Labute approximate surface area is 184 Å². The van der Waals surface area contributed by atoms with Crippen molar-refractivity contribution < 1.29 is 13.9 Å². The van der Waals surface area contributed by atoms with Crippen molar-refractivity contribution in [2.45, 2.75) is 12.8 Å². The third-order valence-electron chi connectivity index (χ3n) is 5.59. The van der Waals surface area contributed by atoms with Crippen LogP contribution < -0.4 is 9.64 Å². The third-order valence-corrected chi connectivity index (χ3v) is 5.59. The molecule has 0 saturated carbocycles. The molecule has 0 spiro atoms. The first-order valence-electron chi connectivity index (χ1n) is 10.4. The molecule has 3 heterocycles. The van der Waals surface area contributed by atoms with Crippen molar-refractivity contribution in [3.05, 3.63) is 66.7 Å². The van der Waals surface area contributed by atoms with E-state index in [2.05, 4.69) is 4.98 Å². The number of nitrogens with zero attached hydrogens (tertiary/aromatic N) is 4. The maximum absolute atomic E-state index is 13.9. The maximum Gasteiger partial charge on any atom is 0.163 e. The van der Waals surface area contributed by atoms with Gasteiger partial charge in [-0.2, -0.15) is 0 Å². The SMILES string of the molecule is COc1cc(-c2cccc(F)c2)cc2c(N3CCCC(=O)C3)nc(-c3cccnc3)nc12. The number of hydrogen-bond acceptors (Lipinski definition) is 6. The van der Waals surface area contributed by atoms with Crippen LogP contribution in [-0.2, 0) is 4.79 Å². The molecule has 7 heteroatoms. The summed E-state index contributed by atoms with van der Waals surface area (Å²) in [6, 6.07) is 13.9. The number of pyridine rings is 1. The van der Waals surface area contributed by atoms with Crippen LogP contribution in [0, 0.1) is 5.82 Å². The second-order valence-electron chi connectivity index (χ2n) is 7.76. The molecule has 6 nitrogen and oxygen atoms in total. The predicted molar refractivity (Wildman–Crippen MR) is 121 cm³/mol. The number of halogens is 1. The van der Waals surface area contributed by atoms with E-state index >= 15 is 0 Å². The first-order chi connectivity index (χ1) is 15.6. The summed E-state index contributed by atoms with van der Waals surface area (Å²) in [5.41, 5.74) is 2.92. The van der Waals surface area contributed by atoms with Gasteiger partial charge >= 0.3 is 0 Å². The molecule has 4 aromatic rings. The summed E-state index contributed by atoms with van der Waals surface area (Å²) in [6.45, 7) is 1.02. The van der Waals surface area contributed by atoms with E-state index in [1.54, 1.807) is 25.6 Å². The largest absolute Gasteiger partial charge is 0.494 e. The second-order valence-corrected chi connectivity index (χ2v) is 7.76. The van der Waals surface area contributed by atoms with Crippen molar-refractivity contribution in [1.29, 1.82) is 0 Å². The Bertz CT molecular complexity index is 1310. The number of benzene rings is 2. The number of aromatic nitrogens is 3. The van der Waals surface area contributed by atoms with E-state index in [0.29, 0.717) is 35.9 Å². The molecule has 0 bridgehead atoms. The summed E-state index contributed by atoms with van der Waals surface area (Å²) in [7, 11) is 1.58. The van der Waals surface area contributed by atoms with Gasteiger partial charge in [0.25, 0.3) is 0 Å². The highest BCUT2D eigenvalue weighted by Crippen LogP contribution is 2.37. The van der Waals surface area contributed by atoms with Crippen LogP contribution >= 0.6 is 0 Å². The van der Waals surface area contributed by atoms with Crippen LogP contribution in [0.3, 0.4) is 0 Å². The standard InChI is InChI=1S/C25H21FN4O2/c1-32-22-13-18(16-5-2-7-19(26)11-16)12-21-23(22)28-24(17-6-3-9-27-14-17)29-25(21)30-10-4-8-20(31)15-30/h2-3,5-7,9,11-14H,4,8,10,15H2,1H3. The zero-order valence-corrected chi connectivity index (χ0v) is 17.6. The van der Waals surface area contributed by atoms with Crippen molar-refractivity contribution in [2.24, 2.45) is 0 Å². The van der Waals surface area contributed by atoms with Crippen molar-refractivity contribution in [1.82, 2.24) is 15.0 Å². The molecule has 0 radical (unpaired) electrons. The Morgan fingerprint density at radius 1 is 1.03 bits per heavy atom. The molecule has 1 saturated heterocycles. The van der Waals surface area contributed by atoms with Crippen LogP contribution in [-0.4, -0.2) is 40.9 Å². The lowest BCUT2D eigenvalue weighted by atomic mass is 10.0. The Balaban J connectivity index is 1.77. The zero-order chi connectivity index (χ0) is 22.1. The monoisotopic (exact) mass is 428 g/mol. The number of rotatable bonds is 4. The van der Waals surface area contributed by atoms with Crippen LogP contribution in [0.5, 0.6) is 5.75 Å².